The SMILES string of the molecule is Cl.Cl.Nc1ccc(C=CCN2CCC(=C3c4ccccc4CCc4ccccc43)CC2)cc1. The van der Waals surface area contributed by atoms with Gasteiger partial charge in [0.2, 0.25) is 0 Å². The number of hydrogen-bond donors (Lipinski definition) is 1. The molecule has 2 aliphatic rings. The lowest BCUT2D eigenvalue weighted by Gasteiger charge is -2.29. The highest BCUT2D eigenvalue weighted by atomic mass is 35.5. The summed E-state index contributed by atoms with van der Waals surface area (Å²) in [6.07, 6.45) is 9.03. The summed E-state index contributed by atoms with van der Waals surface area (Å²) in [5.74, 6) is 0. The van der Waals surface area contributed by atoms with Crippen LogP contribution in [0.1, 0.15) is 40.7 Å². The summed E-state index contributed by atoms with van der Waals surface area (Å²) >= 11 is 0. The van der Waals surface area contributed by atoms with Crippen molar-refractivity contribution in [3.8, 4) is 0 Å². The molecule has 4 heteroatoms. The van der Waals surface area contributed by atoms with E-state index in [0.717, 1.165) is 51.0 Å². The summed E-state index contributed by atoms with van der Waals surface area (Å²) in [5, 5.41) is 0. The van der Waals surface area contributed by atoms with E-state index in [4.69, 9.17) is 5.73 Å². The molecule has 33 heavy (non-hydrogen) atoms. The molecule has 0 bridgehead atoms. The molecule has 0 atom stereocenters. The molecule has 5 rings (SSSR count). The van der Waals surface area contributed by atoms with E-state index >= 15 is 0 Å². The molecule has 0 radical (unpaired) electrons. The number of aryl methyl sites for hydroxylation is 2. The summed E-state index contributed by atoms with van der Waals surface area (Å²) < 4.78 is 0. The third kappa shape index (κ3) is 5.70. The number of fused-ring (bicyclic) bond motifs is 2. The Bertz CT molecular complexity index is 1070. The molecule has 1 aliphatic heterocycles. The fourth-order valence-corrected chi connectivity index (χ4v) is 4.96. The Balaban J connectivity index is 0.00000153. The first-order valence-corrected chi connectivity index (χ1v) is 11.4. The lowest BCUT2D eigenvalue weighted by Crippen LogP contribution is -2.31. The molecule has 0 aromatic heterocycles. The van der Waals surface area contributed by atoms with Gasteiger partial charge < -0.3 is 5.73 Å². The fourth-order valence-electron chi connectivity index (χ4n) is 4.96. The van der Waals surface area contributed by atoms with Crippen LogP contribution >= 0.6 is 24.8 Å². The van der Waals surface area contributed by atoms with Crippen LogP contribution in [0.4, 0.5) is 5.69 Å². The van der Waals surface area contributed by atoms with Gasteiger partial charge in [0.1, 0.15) is 0 Å². The summed E-state index contributed by atoms with van der Waals surface area (Å²) in [4.78, 5) is 2.56. The summed E-state index contributed by atoms with van der Waals surface area (Å²) in [6, 6.07) is 26.1. The molecule has 1 aliphatic carbocycles. The molecule has 1 fully saturated rings. The van der Waals surface area contributed by atoms with Gasteiger partial charge in [-0.25, -0.2) is 0 Å². The monoisotopic (exact) mass is 478 g/mol. The van der Waals surface area contributed by atoms with Gasteiger partial charge in [-0.1, -0.05) is 78.4 Å². The lowest BCUT2D eigenvalue weighted by atomic mass is 9.86. The summed E-state index contributed by atoms with van der Waals surface area (Å²) in [5.41, 5.74) is 16.8. The van der Waals surface area contributed by atoms with Crippen molar-refractivity contribution < 1.29 is 0 Å². The largest absolute Gasteiger partial charge is 0.399 e. The van der Waals surface area contributed by atoms with Gasteiger partial charge in [-0.15, -0.1) is 24.8 Å². The van der Waals surface area contributed by atoms with Crippen LogP contribution in [0.3, 0.4) is 0 Å². The minimum Gasteiger partial charge on any atom is -0.399 e. The maximum absolute atomic E-state index is 5.78. The van der Waals surface area contributed by atoms with Gasteiger partial charge in [0.15, 0.2) is 0 Å². The van der Waals surface area contributed by atoms with Gasteiger partial charge in [0, 0.05) is 25.3 Å². The molecule has 0 unspecified atom stereocenters. The number of anilines is 1. The Labute approximate surface area is 210 Å². The van der Waals surface area contributed by atoms with Crippen LogP contribution in [0.2, 0.25) is 0 Å². The number of piperidine rings is 1. The predicted octanol–water partition coefficient (Wildman–Crippen LogP) is 6.82. The molecular formula is C29H32Cl2N2. The third-order valence-electron chi connectivity index (χ3n) is 6.66. The average Bonchev–Trinajstić information content (AvgIpc) is 2.98. The van der Waals surface area contributed by atoms with E-state index < -0.39 is 0 Å². The second-order valence-corrected chi connectivity index (χ2v) is 8.66. The number of nitrogens with zero attached hydrogens (tertiary/aromatic N) is 1. The highest BCUT2D eigenvalue weighted by molar-refractivity contribution is 5.86. The van der Waals surface area contributed by atoms with E-state index in [2.05, 4.69) is 77.7 Å². The quantitative estimate of drug-likeness (QED) is 0.418. The number of nitrogen functional groups attached to an aromatic ring is 1. The maximum Gasteiger partial charge on any atom is 0.0314 e. The molecule has 2 nitrogen and oxygen atoms in total. The molecule has 172 valence electrons. The number of hydrogen-bond acceptors (Lipinski definition) is 2. The van der Waals surface area contributed by atoms with E-state index in [9.17, 15) is 0 Å². The van der Waals surface area contributed by atoms with Crippen molar-refractivity contribution in [3.05, 3.63) is 112 Å². The Morgan fingerprint density at radius 2 is 1.24 bits per heavy atom. The smallest absolute Gasteiger partial charge is 0.0314 e. The lowest BCUT2D eigenvalue weighted by molar-refractivity contribution is 0.284. The van der Waals surface area contributed by atoms with E-state index in [1.807, 2.05) is 12.1 Å². The second-order valence-electron chi connectivity index (χ2n) is 8.66. The minimum atomic E-state index is 0. The number of benzene rings is 3. The molecule has 2 N–H and O–H groups in total. The molecule has 1 heterocycles. The zero-order valence-electron chi connectivity index (χ0n) is 18.9. The molecule has 3 aromatic carbocycles. The first-order chi connectivity index (χ1) is 15.3. The van der Waals surface area contributed by atoms with Crippen molar-refractivity contribution in [2.24, 2.45) is 0 Å². The third-order valence-corrected chi connectivity index (χ3v) is 6.66. The van der Waals surface area contributed by atoms with Crippen LogP contribution in [0, 0.1) is 0 Å². The summed E-state index contributed by atoms with van der Waals surface area (Å²) in [7, 11) is 0. The molecule has 0 saturated carbocycles. The standard InChI is InChI=1S/C29H30N2.2ClH/c30-26-15-11-22(12-16-26)6-5-19-31-20-17-25(18-21-31)29-27-9-3-1-7-23(27)13-14-24-8-2-4-10-28(24)29;;/h1-12,15-16H,13-14,17-21,30H2;2*1H. The number of nitrogens with two attached hydrogens (primary N) is 1. The molecule has 0 spiro atoms. The maximum atomic E-state index is 5.78. The van der Waals surface area contributed by atoms with Crippen LogP contribution in [0.15, 0.2) is 84.4 Å². The van der Waals surface area contributed by atoms with Crippen molar-refractivity contribution in [1.82, 2.24) is 4.90 Å². The zero-order valence-corrected chi connectivity index (χ0v) is 20.5. The van der Waals surface area contributed by atoms with Gasteiger partial charge >= 0.3 is 0 Å². The van der Waals surface area contributed by atoms with Gasteiger partial charge in [0.05, 0.1) is 0 Å². The van der Waals surface area contributed by atoms with E-state index in [0.29, 0.717) is 0 Å². The second kappa shape index (κ2) is 11.6. The normalized spacial score (nSPS) is 15.8. The van der Waals surface area contributed by atoms with Crippen LogP contribution in [0.25, 0.3) is 11.6 Å². The van der Waals surface area contributed by atoms with Gasteiger partial charge in [0.25, 0.3) is 0 Å². The average molecular weight is 479 g/mol. The molecule has 1 saturated heterocycles. The topological polar surface area (TPSA) is 29.3 Å². The molecule has 0 amide bonds. The number of likely N-dealkylation sites (tertiary alicyclic amines) is 1. The van der Waals surface area contributed by atoms with Gasteiger partial charge in [-0.05, 0) is 71.2 Å². The van der Waals surface area contributed by atoms with Crippen molar-refractivity contribution >= 4 is 42.2 Å². The van der Waals surface area contributed by atoms with Crippen molar-refractivity contribution in [1.29, 1.82) is 0 Å². The number of halogens is 2. The van der Waals surface area contributed by atoms with Crippen molar-refractivity contribution in [2.75, 3.05) is 25.4 Å². The van der Waals surface area contributed by atoms with E-state index in [1.165, 1.54) is 33.4 Å². The van der Waals surface area contributed by atoms with Crippen LogP contribution in [0.5, 0.6) is 0 Å². The van der Waals surface area contributed by atoms with Gasteiger partial charge in [-0.2, -0.15) is 0 Å². The van der Waals surface area contributed by atoms with E-state index in [-0.39, 0.29) is 24.8 Å². The Hall–Kier alpha value is -2.52. The van der Waals surface area contributed by atoms with Gasteiger partial charge in [-0.3, -0.25) is 4.90 Å². The fraction of sp³-hybridized carbons (Fsp3) is 0.241. The van der Waals surface area contributed by atoms with Crippen molar-refractivity contribution in [2.45, 2.75) is 25.7 Å². The van der Waals surface area contributed by atoms with Crippen LogP contribution < -0.4 is 5.73 Å². The zero-order chi connectivity index (χ0) is 21.0. The molecule has 3 aromatic rings. The Morgan fingerprint density at radius 3 is 1.82 bits per heavy atom. The molecular weight excluding hydrogens is 447 g/mol. The van der Waals surface area contributed by atoms with Crippen LogP contribution in [-0.4, -0.2) is 24.5 Å². The van der Waals surface area contributed by atoms with E-state index in [1.54, 1.807) is 5.57 Å². The Kier molecular flexibility index (Phi) is 8.80. The predicted molar refractivity (Wildman–Crippen MR) is 146 cm³/mol. The number of rotatable bonds is 3. The van der Waals surface area contributed by atoms with Crippen molar-refractivity contribution in [3.63, 3.8) is 0 Å². The first-order valence-electron chi connectivity index (χ1n) is 11.4. The minimum absolute atomic E-state index is 0. The highest BCUT2D eigenvalue weighted by Crippen LogP contribution is 2.38. The highest BCUT2D eigenvalue weighted by Gasteiger charge is 2.23. The Morgan fingerprint density at radius 1 is 0.697 bits per heavy atom. The van der Waals surface area contributed by atoms with Crippen LogP contribution in [-0.2, 0) is 12.8 Å². The summed E-state index contributed by atoms with van der Waals surface area (Å²) in [6.45, 7) is 3.24. The first kappa shape index (κ1) is 25.1.